The molecule has 0 aliphatic rings. The number of hydrogen-bond donors (Lipinski definition) is 5. The fourth-order valence-corrected chi connectivity index (χ4v) is 11.8. The molecule has 0 aromatic heterocycles. The van der Waals surface area contributed by atoms with Gasteiger partial charge >= 0.3 is 0 Å². The van der Waals surface area contributed by atoms with Crippen molar-refractivity contribution in [1.29, 1.82) is 0 Å². The van der Waals surface area contributed by atoms with Crippen LogP contribution in [0.2, 0.25) is 0 Å². The third-order valence-corrected chi connectivity index (χ3v) is 17.4. The topological polar surface area (TPSA) is 110 Å². The molecule has 6 heteroatoms. The molecule has 0 fully saturated rings. The van der Waals surface area contributed by atoms with Crippen LogP contribution in [0.15, 0.2) is 24.3 Å². The average Bonchev–Trinajstić information content (AvgIpc) is 3.45. The van der Waals surface area contributed by atoms with Crippen molar-refractivity contribution in [2.24, 2.45) is 0 Å². The third kappa shape index (κ3) is 61.2. The molecule has 0 radical (unpaired) electrons. The van der Waals surface area contributed by atoms with E-state index in [1.807, 2.05) is 0 Å². The molecule has 0 aromatic carbocycles. The predicted octanol–water partition coefficient (Wildman–Crippen LogP) is 22.5. The number of carbonyl (C=O) groups excluding carboxylic acids is 1. The minimum atomic E-state index is -1.29. The number of aliphatic hydroxyl groups is 4. The summed E-state index contributed by atoms with van der Waals surface area (Å²) in [6, 6.07) is -1.01. The van der Waals surface area contributed by atoms with Crippen molar-refractivity contribution in [1.82, 2.24) is 5.32 Å². The van der Waals surface area contributed by atoms with Crippen LogP contribution >= 0.6 is 0 Å². The molecule has 0 saturated carbocycles. The zero-order chi connectivity index (χ0) is 57.3. The van der Waals surface area contributed by atoms with Gasteiger partial charge in [-0.2, -0.15) is 0 Å². The summed E-state index contributed by atoms with van der Waals surface area (Å²) in [4.78, 5) is 12.7. The standard InChI is InChI=1S/C73H143NO5/c1-3-5-7-9-11-13-15-17-19-21-23-25-27-29-31-33-34-35-36-37-39-41-43-45-47-49-51-53-55-57-59-61-63-65-67-71(77)73(79)74-69(68-75)72(78)70(76)66-64-62-60-58-56-54-52-50-48-46-44-42-40-38-32-30-28-26-24-22-20-18-16-14-12-10-8-6-4-2/h50,52,58,60,69-72,75-78H,3-49,51,53-57,59,61-68H2,1-2H3,(H,74,79)/b52-50+,60-58+. The van der Waals surface area contributed by atoms with Crippen LogP contribution in [0.1, 0.15) is 406 Å². The summed E-state index contributed by atoms with van der Waals surface area (Å²) >= 11 is 0. The van der Waals surface area contributed by atoms with Gasteiger partial charge in [0.1, 0.15) is 12.2 Å². The Balaban J connectivity index is 3.55. The number of carbonyl (C=O) groups is 1. The number of amides is 1. The van der Waals surface area contributed by atoms with Crippen LogP contribution in [-0.4, -0.2) is 57.3 Å². The lowest BCUT2D eigenvalue weighted by molar-refractivity contribution is -0.132. The first-order valence-corrected chi connectivity index (χ1v) is 36.2. The molecule has 1 amide bonds. The lowest BCUT2D eigenvalue weighted by Gasteiger charge is -2.27. The van der Waals surface area contributed by atoms with E-state index in [1.165, 1.54) is 334 Å². The van der Waals surface area contributed by atoms with E-state index in [4.69, 9.17) is 0 Å². The van der Waals surface area contributed by atoms with Gasteiger partial charge in [0.05, 0.1) is 18.8 Å². The molecule has 0 rings (SSSR count). The van der Waals surface area contributed by atoms with Gasteiger partial charge in [-0.25, -0.2) is 0 Å². The fourth-order valence-electron chi connectivity index (χ4n) is 11.8. The van der Waals surface area contributed by atoms with Crippen molar-refractivity contribution < 1.29 is 25.2 Å². The quantitative estimate of drug-likeness (QED) is 0.0308. The van der Waals surface area contributed by atoms with Crippen molar-refractivity contribution in [3.05, 3.63) is 24.3 Å². The summed E-state index contributed by atoms with van der Waals surface area (Å²) in [5.41, 5.74) is 0. The number of aliphatic hydroxyl groups excluding tert-OH is 4. The van der Waals surface area contributed by atoms with Gasteiger partial charge in [-0.1, -0.05) is 378 Å². The maximum Gasteiger partial charge on any atom is 0.249 e. The molecule has 79 heavy (non-hydrogen) atoms. The highest BCUT2D eigenvalue weighted by molar-refractivity contribution is 5.80. The number of unbranched alkanes of at least 4 members (excludes halogenated alkanes) is 55. The van der Waals surface area contributed by atoms with Crippen LogP contribution in [0.3, 0.4) is 0 Å². The van der Waals surface area contributed by atoms with Crippen molar-refractivity contribution in [2.45, 2.75) is 430 Å². The van der Waals surface area contributed by atoms with E-state index in [9.17, 15) is 25.2 Å². The maximum absolute atomic E-state index is 12.7. The van der Waals surface area contributed by atoms with Crippen molar-refractivity contribution in [3.8, 4) is 0 Å². The Hall–Kier alpha value is -1.21. The molecular weight excluding hydrogens is 971 g/mol. The zero-order valence-electron chi connectivity index (χ0n) is 53.7. The van der Waals surface area contributed by atoms with E-state index in [0.29, 0.717) is 19.3 Å². The molecule has 0 aromatic rings. The van der Waals surface area contributed by atoms with Crippen LogP contribution in [0.4, 0.5) is 0 Å². The Labute approximate surface area is 495 Å². The lowest BCUT2D eigenvalue weighted by Crippen LogP contribution is -2.53. The average molecular weight is 1110 g/mol. The first-order chi connectivity index (χ1) is 39.0. The largest absolute Gasteiger partial charge is 0.394 e. The van der Waals surface area contributed by atoms with Crippen LogP contribution < -0.4 is 5.32 Å². The van der Waals surface area contributed by atoms with Gasteiger partial charge in [-0.3, -0.25) is 4.79 Å². The molecule has 470 valence electrons. The molecular formula is C73H143NO5. The van der Waals surface area contributed by atoms with Crippen LogP contribution in [0.5, 0.6) is 0 Å². The Bertz CT molecular complexity index is 1210. The summed E-state index contributed by atoms with van der Waals surface area (Å²) in [6.45, 7) is 4.10. The van der Waals surface area contributed by atoms with Crippen LogP contribution in [0.25, 0.3) is 0 Å². The Kier molecular flexibility index (Phi) is 66.5. The van der Waals surface area contributed by atoms with Crippen molar-refractivity contribution >= 4 is 5.91 Å². The van der Waals surface area contributed by atoms with Gasteiger partial charge in [-0.15, -0.1) is 0 Å². The van der Waals surface area contributed by atoms with Crippen LogP contribution in [0, 0.1) is 0 Å². The highest BCUT2D eigenvalue weighted by atomic mass is 16.3. The second kappa shape index (κ2) is 67.6. The lowest BCUT2D eigenvalue weighted by atomic mass is 10.00. The monoisotopic (exact) mass is 1110 g/mol. The summed E-state index contributed by atoms with van der Waals surface area (Å²) < 4.78 is 0. The smallest absolute Gasteiger partial charge is 0.249 e. The molecule has 4 atom stereocenters. The second-order valence-corrected chi connectivity index (χ2v) is 25.3. The molecule has 0 aliphatic heterocycles. The molecule has 0 aliphatic carbocycles. The molecule has 4 unspecified atom stereocenters. The van der Waals surface area contributed by atoms with Gasteiger partial charge in [0, 0.05) is 0 Å². The first kappa shape index (κ1) is 77.8. The van der Waals surface area contributed by atoms with E-state index < -0.39 is 36.9 Å². The second-order valence-electron chi connectivity index (χ2n) is 25.3. The van der Waals surface area contributed by atoms with E-state index >= 15 is 0 Å². The Morgan fingerprint density at radius 3 is 0.797 bits per heavy atom. The zero-order valence-corrected chi connectivity index (χ0v) is 53.7. The van der Waals surface area contributed by atoms with E-state index in [-0.39, 0.29) is 0 Å². The summed E-state index contributed by atoms with van der Waals surface area (Å²) in [6.07, 6.45) is 86.1. The molecule has 0 heterocycles. The molecule has 0 spiro atoms. The highest BCUT2D eigenvalue weighted by Gasteiger charge is 2.28. The number of allylic oxidation sites excluding steroid dienone is 4. The highest BCUT2D eigenvalue weighted by Crippen LogP contribution is 2.20. The van der Waals surface area contributed by atoms with E-state index in [1.54, 1.807) is 0 Å². The molecule has 6 nitrogen and oxygen atoms in total. The van der Waals surface area contributed by atoms with Gasteiger partial charge < -0.3 is 25.7 Å². The number of nitrogens with one attached hydrogen (secondary N) is 1. The van der Waals surface area contributed by atoms with Gasteiger partial charge in [0.25, 0.3) is 0 Å². The minimum Gasteiger partial charge on any atom is -0.394 e. The SMILES string of the molecule is CCCCCCCCCCCCCCCCCCCCCC/C=C/CC/C=C/CCCC(O)C(O)C(CO)NC(=O)C(O)CCCCCCCCCCCCCCCCCCCCCCCCCCCCCCCCCCCC. The predicted molar refractivity (Wildman–Crippen MR) is 348 cm³/mol. The molecule has 0 saturated heterocycles. The maximum atomic E-state index is 12.7. The summed E-state index contributed by atoms with van der Waals surface area (Å²) in [7, 11) is 0. The van der Waals surface area contributed by atoms with Crippen molar-refractivity contribution in [2.75, 3.05) is 6.61 Å². The molecule has 5 N–H and O–H groups in total. The number of rotatable bonds is 68. The normalized spacial score (nSPS) is 13.5. The van der Waals surface area contributed by atoms with Gasteiger partial charge in [0.15, 0.2) is 0 Å². The number of hydrogen-bond acceptors (Lipinski definition) is 5. The Morgan fingerprint density at radius 1 is 0.304 bits per heavy atom. The first-order valence-electron chi connectivity index (χ1n) is 36.2. The third-order valence-electron chi connectivity index (χ3n) is 17.4. The van der Waals surface area contributed by atoms with E-state index in [0.717, 1.165) is 38.5 Å². The minimum absolute atomic E-state index is 0.365. The fraction of sp³-hybridized carbons (Fsp3) is 0.932. The summed E-state index contributed by atoms with van der Waals surface area (Å²) in [5.74, 6) is -0.589. The summed E-state index contributed by atoms with van der Waals surface area (Å²) in [5, 5.41) is 44.2. The van der Waals surface area contributed by atoms with E-state index in [2.05, 4.69) is 43.5 Å². The van der Waals surface area contributed by atoms with Gasteiger partial charge in [-0.05, 0) is 51.4 Å². The Morgan fingerprint density at radius 2 is 0.532 bits per heavy atom. The van der Waals surface area contributed by atoms with Crippen LogP contribution in [-0.2, 0) is 4.79 Å². The van der Waals surface area contributed by atoms with Gasteiger partial charge in [0.2, 0.25) is 5.91 Å². The molecule has 0 bridgehead atoms. The van der Waals surface area contributed by atoms with Crippen molar-refractivity contribution in [3.63, 3.8) is 0 Å².